The van der Waals surface area contributed by atoms with Crippen molar-refractivity contribution in [3.63, 3.8) is 0 Å². The number of aromatic carboxylic acids is 1. The molecule has 110 valence electrons. The van der Waals surface area contributed by atoms with E-state index in [0.29, 0.717) is 4.31 Å². The molecule has 1 aromatic rings. The van der Waals surface area contributed by atoms with Gasteiger partial charge in [-0.1, -0.05) is 0 Å². The fourth-order valence-corrected chi connectivity index (χ4v) is 3.56. The number of carboxylic acid groups (broad SMARTS) is 1. The molecule has 0 aromatic carbocycles. The first-order valence-corrected chi connectivity index (χ1v) is 7.00. The second-order valence-corrected chi connectivity index (χ2v) is 6.13. The Morgan fingerprint density at radius 2 is 2.05 bits per heavy atom. The van der Waals surface area contributed by atoms with Crippen LogP contribution in [0.25, 0.3) is 0 Å². The van der Waals surface area contributed by atoms with Crippen molar-refractivity contribution in [2.45, 2.75) is 23.7 Å². The molecule has 0 aliphatic carbocycles. The normalized spacial score (nSPS) is 23.9. The van der Waals surface area contributed by atoms with Crippen LogP contribution in [0.3, 0.4) is 0 Å². The summed E-state index contributed by atoms with van der Waals surface area (Å²) in [4.78, 5) is 21.9. The van der Waals surface area contributed by atoms with Crippen molar-refractivity contribution < 1.29 is 32.6 Å². The van der Waals surface area contributed by atoms with Gasteiger partial charge in [0, 0.05) is 13.0 Å². The Morgan fingerprint density at radius 3 is 2.55 bits per heavy atom. The van der Waals surface area contributed by atoms with Crippen molar-refractivity contribution in [1.29, 1.82) is 0 Å². The van der Waals surface area contributed by atoms with Gasteiger partial charge in [-0.2, -0.15) is 4.31 Å². The summed E-state index contributed by atoms with van der Waals surface area (Å²) in [5.74, 6) is -2.85. The largest absolute Gasteiger partial charge is 0.475 e. The highest BCUT2D eigenvalue weighted by Crippen LogP contribution is 2.27. The molecule has 2 rings (SSSR count). The average molecular weight is 304 g/mol. The SMILES string of the molecule is NC(=O)C1CC(O)CN1S(=O)(=O)c1ccc(C(=O)O)o1. The van der Waals surface area contributed by atoms with Gasteiger partial charge >= 0.3 is 5.97 Å². The second-order valence-electron chi connectivity index (χ2n) is 4.31. The predicted molar refractivity (Wildman–Crippen MR) is 63.2 cm³/mol. The van der Waals surface area contributed by atoms with E-state index >= 15 is 0 Å². The molecule has 0 bridgehead atoms. The third-order valence-corrected chi connectivity index (χ3v) is 4.67. The van der Waals surface area contributed by atoms with E-state index in [2.05, 4.69) is 0 Å². The lowest BCUT2D eigenvalue weighted by Gasteiger charge is -2.19. The lowest BCUT2D eigenvalue weighted by atomic mass is 10.2. The number of primary amides is 1. The number of rotatable bonds is 4. The first-order valence-electron chi connectivity index (χ1n) is 5.56. The smallest absolute Gasteiger partial charge is 0.371 e. The highest BCUT2D eigenvalue weighted by Gasteiger charge is 2.43. The van der Waals surface area contributed by atoms with Crippen LogP contribution in [0.15, 0.2) is 21.6 Å². The Bertz CT molecular complexity index is 650. The molecule has 0 spiro atoms. The summed E-state index contributed by atoms with van der Waals surface area (Å²) >= 11 is 0. The molecule has 1 amide bonds. The Hall–Kier alpha value is -1.91. The summed E-state index contributed by atoms with van der Waals surface area (Å²) in [5.41, 5.74) is 5.10. The van der Waals surface area contributed by atoms with Gasteiger partial charge in [0.2, 0.25) is 16.8 Å². The quantitative estimate of drug-likeness (QED) is 0.617. The molecular formula is C10H12N2O7S. The van der Waals surface area contributed by atoms with Crippen molar-refractivity contribution in [3.05, 3.63) is 17.9 Å². The topological polar surface area (TPSA) is 151 Å². The molecule has 20 heavy (non-hydrogen) atoms. The van der Waals surface area contributed by atoms with Crippen molar-refractivity contribution in [3.8, 4) is 0 Å². The number of amides is 1. The van der Waals surface area contributed by atoms with Gasteiger partial charge in [0.05, 0.1) is 6.10 Å². The molecule has 4 N–H and O–H groups in total. The summed E-state index contributed by atoms with van der Waals surface area (Å²) in [5, 5.41) is 17.6. The molecule has 1 aliphatic heterocycles. The number of hydrogen-bond acceptors (Lipinski definition) is 6. The summed E-state index contributed by atoms with van der Waals surface area (Å²) in [6.45, 7) is -0.307. The van der Waals surface area contributed by atoms with Gasteiger partial charge in [-0.05, 0) is 12.1 Å². The number of β-amino-alcohol motifs (C(OH)–C–C–N with tert-alkyl or cyclic N) is 1. The second kappa shape index (κ2) is 4.89. The van der Waals surface area contributed by atoms with E-state index in [-0.39, 0.29) is 13.0 Å². The molecule has 2 heterocycles. The maximum atomic E-state index is 12.3. The van der Waals surface area contributed by atoms with Crippen LogP contribution in [0.2, 0.25) is 0 Å². The summed E-state index contributed by atoms with van der Waals surface area (Å²) in [6, 6.07) is 0.774. The monoisotopic (exact) mass is 304 g/mol. The first-order chi connectivity index (χ1) is 9.23. The molecule has 0 saturated carbocycles. The summed E-state index contributed by atoms with van der Waals surface area (Å²) in [7, 11) is -4.24. The van der Waals surface area contributed by atoms with Gasteiger partial charge in [-0.25, -0.2) is 13.2 Å². The van der Waals surface area contributed by atoms with Crippen molar-refractivity contribution in [2.24, 2.45) is 5.73 Å². The number of nitrogens with zero attached hydrogens (tertiary/aromatic N) is 1. The molecule has 1 aromatic heterocycles. The number of aliphatic hydroxyl groups is 1. The zero-order chi connectivity index (χ0) is 15.1. The van der Waals surface area contributed by atoms with Gasteiger partial charge in [0.1, 0.15) is 6.04 Å². The zero-order valence-corrected chi connectivity index (χ0v) is 10.9. The van der Waals surface area contributed by atoms with E-state index < -0.39 is 44.9 Å². The summed E-state index contributed by atoms with van der Waals surface area (Å²) < 4.78 is 29.9. The number of nitrogens with two attached hydrogens (primary N) is 1. The summed E-state index contributed by atoms with van der Waals surface area (Å²) in [6.07, 6.45) is -1.13. The Balaban J connectivity index is 2.38. The number of sulfonamides is 1. The van der Waals surface area contributed by atoms with Crippen LogP contribution in [-0.2, 0) is 14.8 Å². The first kappa shape index (κ1) is 14.5. The minimum absolute atomic E-state index is 0.110. The molecule has 1 fully saturated rings. The van der Waals surface area contributed by atoms with E-state index in [1.165, 1.54) is 0 Å². The molecular weight excluding hydrogens is 292 g/mol. The van der Waals surface area contributed by atoms with Gasteiger partial charge in [-0.3, -0.25) is 4.79 Å². The number of carboxylic acids is 1. The van der Waals surface area contributed by atoms with Crippen LogP contribution < -0.4 is 5.73 Å². The third-order valence-electron chi connectivity index (χ3n) is 2.92. The minimum atomic E-state index is -4.24. The molecule has 1 aliphatic rings. The van der Waals surface area contributed by atoms with Crippen LogP contribution in [0, 0.1) is 0 Å². The van der Waals surface area contributed by atoms with Crippen LogP contribution in [0.5, 0.6) is 0 Å². The van der Waals surface area contributed by atoms with E-state index in [9.17, 15) is 23.1 Å². The van der Waals surface area contributed by atoms with Crippen molar-refractivity contribution in [2.75, 3.05) is 6.54 Å². The van der Waals surface area contributed by atoms with Crippen molar-refractivity contribution >= 4 is 21.9 Å². The Morgan fingerprint density at radius 1 is 1.40 bits per heavy atom. The fourth-order valence-electron chi connectivity index (χ4n) is 2.00. The van der Waals surface area contributed by atoms with Crippen molar-refractivity contribution in [1.82, 2.24) is 4.31 Å². The lowest BCUT2D eigenvalue weighted by Crippen LogP contribution is -2.43. The van der Waals surface area contributed by atoms with Gasteiger partial charge < -0.3 is 20.4 Å². The van der Waals surface area contributed by atoms with Crippen LogP contribution >= 0.6 is 0 Å². The molecule has 1 saturated heterocycles. The van der Waals surface area contributed by atoms with Gasteiger partial charge in [0.15, 0.2) is 0 Å². The van der Waals surface area contributed by atoms with Crippen LogP contribution in [0.1, 0.15) is 17.0 Å². The van der Waals surface area contributed by atoms with E-state index in [1.54, 1.807) is 0 Å². The van der Waals surface area contributed by atoms with E-state index in [1.807, 2.05) is 0 Å². The number of aliphatic hydroxyl groups excluding tert-OH is 1. The lowest BCUT2D eigenvalue weighted by molar-refractivity contribution is -0.121. The highest BCUT2D eigenvalue weighted by atomic mass is 32.2. The Labute approximate surface area is 113 Å². The standard InChI is InChI=1S/C10H12N2O7S/c11-9(14)6-3-5(13)4-12(6)20(17,18)8-2-1-7(19-8)10(15)16/h1-2,5-6,13H,3-4H2,(H2,11,14)(H,15,16). The predicted octanol–water partition coefficient (Wildman–Crippen LogP) is -1.41. The van der Waals surface area contributed by atoms with E-state index in [4.69, 9.17) is 15.3 Å². The number of hydrogen-bond donors (Lipinski definition) is 3. The minimum Gasteiger partial charge on any atom is -0.475 e. The number of furan rings is 1. The van der Waals surface area contributed by atoms with Gasteiger partial charge in [-0.15, -0.1) is 0 Å². The third kappa shape index (κ3) is 2.40. The molecule has 2 atom stereocenters. The number of carbonyl (C=O) groups is 2. The molecule has 0 radical (unpaired) electrons. The Kier molecular flexibility index (Phi) is 3.54. The maximum Gasteiger partial charge on any atom is 0.371 e. The van der Waals surface area contributed by atoms with Crippen LogP contribution in [-0.4, -0.2) is 53.5 Å². The van der Waals surface area contributed by atoms with E-state index in [0.717, 1.165) is 12.1 Å². The van der Waals surface area contributed by atoms with Crippen LogP contribution in [0.4, 0.5) is 0 Å². The molecule has 2 unspecified atom stereocenters. The fraction of sp³-hybridized carbons (Fsp3) is 0.400. The molecule has 10 heteroatoms. The zero-order valence-electron chi connectivity index (χ0n) is 10.1. The molecule has 9 nitrogen and oxygen atoms in total. The average Bonchev–Trinajstić information content (AvgIpc) is 2.94. The number of carbonyl (C=O) groups excluding carboxylic acids is 1. The van der Waals surface area contributed by atoms with Gasteiger partial charge in [0.25, 0.3) is 10.0 Å². The highest BCUT2D eigenvalue weighted by molar-refractivity contribution is 7.89. The maximum absolute atomic E-state index is 12.3.